The van der Waals surface area contributed by atoms with Crippen molar-refractivity contribution >= 4 is 7.82 Å². The highest BCUT2D eigenvalue weighted by Crippen LogP contribution is 2.52. The number of phosphoric acid groups is 1. The fourth-order valence-electron chi connectivity index (χ4n) is 1.27. The van der Waals surface area contributed by atoms with E-state index in [2.05, 4.69) is 0 Å². The van der Waals surface area contributed by atoms with E-state index in [-0.39, 0.29) is 12.2 Å². The Morgan fingerprint density at radius 1 is 1.00 bits per heavy atom. The second-order valence-electron chi connectivity index (χ2n) is 4.50. The largest absolute Gasteiger partial charge is 0.530 e. The molecule has 4 nitrogen and oxygen atoms in total. The SMILES string of the molecule is CCC(C)OP(=O)(Oc1ccccc1)OC(C)CC. The van der Waals surface area contributed by atoms with Crippen LogP contribution in [0.5, 0.6) is 5.75 Å². The van der Waals surface area contributed by atoms with Crippen LogP contribution in [0.2, 0.25) is 0 Å². The van der Waals surface area contributed by atoms with Gasteiger partial charge in [-0.1, -0.05) is 32.0 Å². The molecular weight excluding hydrogens is 263 g/mol. The van der Waals surface area contributed by atoms with Gasteiger partial charge in [0.2, 0.25) is 0 Å². The third-order valence-corrected chi connectivity index (χ3v) is 4.40. The average Bonchev–Trinajstić information content (AvgIpc) is 2.39. The van der Waals surface area contributed by atoms with E-state index in [1.54, 1.807) is 12.1 Å². The molecular formula is C14H23O4P. The molecule has 2 atom stereocenters. The van der Waals surface area contributed by atoms with Gasteiger partial charge in [-0.3, -0.25) is 9.05 Å². The zero-order chi connectivity index (χ0) is 14.3. The number of para-hydroxylation sites is 1. The molecule has 0 fully saturated rings. The first kappa shape index (κ1) is 16.2. The van der Waals surface area contributed by atoms with Crippen LogP contribution in [-0.2, 0) is 13.6 Å². The third-order valence-electron chi connectivity index (χ3n) is 2.73. The fourth-order valence-corrected chi connectivity index (χ4v) is 2.96. The minimum atomic E-state index is -3.59. The summed E-state index contributed by atoms with van der Waals surface area (Å²) in [5.74, 6) is 0.484. The van der Waals surface area contributed by atoms with Crippen LogP contribution < -0.4 is 4.52 Å². The van der Waals surface area contributed by atoms with E-state index < -0.39 is 7.82 Å². The van der Waals surface area contributed by atoms with E-state index in [1.165, 1.54) is 0 Å². The molecule has 0 amide bonds. The predicted molar refractivity (Wildman–Crippen MR) is 76.4 cm³/mol. The van der Waals surface area contributed by atoms with E-state index in [9.17, 15) is 4.57 Å². The molecule has 1 aromatic carbocycles. The molecule has 5 heteroatoms. The van der Waals surface area contributed by atoms with Gasteiger partial charge in [-0.25, -0.2) is 4.57 Å². The summed E-state index contributed by atoms with van der Waals surface area (Å²) in [4.78, 5) is 0. The van der Waals surface area contributed by atoms with Crippen LogP contribution in [0.15, 0.2) is 30.3 Å². The van der Waals surface area contributed by atoms with Crippen molar-refractivity contribution < 1.29 is 18.1 Å². The van der Waals surface area contributed by atoms with Gasteiger partial charge in [0.1, 0.15) is 5.75 Å². The lowest BCUT2D eigenvalue weighted by molar-refractivity contribution is 0.0880. The Hall–Kier alpha value is -0.830. The zero-order valence-corrected chi connectivity index (χ0v) is 12.9. The zero-order valence-electron chi connectivity index (χ0n) is 12.0. The molecule has 0 aliphatic heterocycles. The number of hydrogen-bond donors (Lipinski definition) is 0. The van der Waals surface area contributed by atoms with Gasteiger partial charge in [0.25, 0.3) is 0 Å². The molecule has 0 spiro atoms. The van der Waals surface area contributed by atoms with Crippen molar-refractivity contribution in [1.82, 2.24) is 0 Å². The standard InChI is InChI=1S/C14H23O4P/c1-5-12(3)16-19(15,17-13(4)6-2)18-14-10-8-7-9-11-14/h7-13H,5-6H2,1-4H3. The van der Waals surface area contributed by atoms with Crippen molar-refractivity contribution in [3.8, 4) is 5.75 Å². The number of rotatable bonds is 8. The van der Waals surface area contributed by atoms with Gasteiger partial charge < -0.3 is 4.52 Å². The summed E-state index contributed by atoms with van der Waals surface area (Å²) in [7, 11) is -3.59. The highest BCUT2D eigenvalue weighted by molar-refractivity contribution is 7.49. The lowest BCUT2D eigenvalue weighted by Gasteiger charge is -2.23. The van der Waals surface area contributed by atoms with Crippen molar-refractivity contribution in [2.75, 3.05) is 0 Å². The van der Waals surface area contributed by atoms with E-state index in [0.717, 1.165) is 12.8 Å². The molecule has 1 rings (SSSR count). The molecule has 0 heterocycles. The maximum atomic E-state index is 12.7. The molecule has 0 aliphatic carbocycles. The summed E-state index contributed by atoms with van der Waals surface area (Å²) in [6, 6.07) is 8.94. The second-order valence-corrected chi connectivity index (χ2v) is 6.00. The van der Waals surface area contributed by atoms with Crippen LogP contribution >= 0.6 is 7.82 Å². The third kappa shape index (κ3) is 5.77. The number of phosphoric ester groups is 1. The molecule has 1 aromatic rings. The quantitative estimate of drug-likeness (QED) is 0.644. The second kappa shape index (κ2) is 7.68. The molecule has 0 saturated carbocycles. The lowest BCUT2D eigenvalue weighted by Crippen LogP contribution is -2.14. The molecule has 0 aliphatic rings. The van der Waals surface area contributed by atoms with Crippen molar-refractivity contribution in [3.05, 3.63) is 30.3 Å². The molecule has 0 aromatic heterocycles. The summed E-state index contributed by atoms with van der Waals surface area (Å²) in [6.07, 6.45) is 1.12. The first-order valence-electron chi connectivity index (χ1n) is 6.70. The minimum Gasteiger partial charge on any atom is -0.404 e. The van der Waals surface area contributed by atoms with Gasteiger partial charge in [-0.05, 0) is 38.8 Å². The molecule has 0 N–H and O–H groups in total. The van der Waals surface area contributed by atoms with Crippen LogP contribution in [0, 0.1) is 0 Å². The van der Waals surface area contributed by atoms with E-state index in [0.29, 0.717) is 5.75 Å². The minimum absolute atomic E-state index is 0.182. The van der Waals surface area contributed by atoms with E-state index in [1.807, 2.05) is 45.9 Å². The average molecular weight is 286 g/mol. The van der Waals surface area contributed by atoms with Crippen LogP contribution in [0.25, 0.3) is 0 Å². The lowest BCUT2D eigenvalue weighted by atomic mass is 10.3. The van der Waals surface area contributed by atoms with Gasteiger partial charge in [0.15, 0.2) is 0 Å². The van der Waals surface area contributed by atoms with Crippen LogP contribution in [-0.4, -0.2) is 12.2 Å². The number of hydrogen-bond acceptors (Lipinski definition) is 4. The van der Waals surface area contributed by atoms with E-state index >= 15 is 0 Å². The highest BCUT2D eigenvalue weighted by atomic mass is 31.2. The first-order chi connectivity index (χ1) is 8.99. The molecule has 0 bridgehead atoms. The molecule has 0 saturated heterocycles. The molecule has 19 heavy (non-hydrogen) atoms. The summed E-state index contributed by atoms with van der Waals surface area (Å²) in [5, 5.41) is 0. The molecule has 2 unspecified atom stereocenters. The van der Waals surface area contributed by atoms with Crippen molar-refractivity contribution in [1.29, 1.82) is 0 Å². The summed E-state index contributed by atoms with van der Waals surface area (Å²) in [6.45, 7) is 7.61. The Kier molecular flexibility index (Phi) is 6.56. The maximum Gasteiger partial charge on any atom is 0.530 e. The Bertz CT molecular complexity index is 391. The summed E-state index contributed by atoms with van der Waals surface area (Å²) >= 11 is 0. The summed E-state index contributed by atoms with van der Waals surface area (Å²) < 4.78 is 29.1. The Labute approximate surface area is 115 Å². The van der Waals surface area contributed by atoms with Crippen molar-refractivity contribution in [2.24, 2.45) is 0 Å². The van der Waals surface area contributed by atoms with Crippen molar-refractivity contribution in [3.63, 3.8) is 0 Å². The van der Waals surface area contributed by atoms with Gasteiger partial charge >= 0.3 is 7.82 Å². The maximum absolute atomic E-state index is 12.7. The van der Waals surface area contributed by atoms with Crippen LogP contribution in [0.3, 0.4) is 0 Å². The molecule has 108 valence electrons. The Morgan fingerprint density at radius 2 is 1.47 bits per heavy atom. The Morgan fingerprint density at radius 3 is 1.89 bits per heavy atom. The van der Waals surface area contributed by atoms with Crippen molar-refractivity contribution in [2.45, 2.75) is 52.7 Å². The van der Waals surface area contributed by atoms with Gasteiger partial charge in [-0.2, -0.15) is 0 Å². The van der Waals surface area contributed by atoms with Gasteiger partial charge in [0.05, 0.1) is 12.2 Å². The smallest absolute Gasteiger partial charge is 0.404 e. The monoisotopic (exact) mass is 286 g/mol. The Balaban J connectivity index is 2.82. The van der Waals surface area contributed by atoms with Crippen LogP contribution in [0.1, 0.15) is 40.5 Å². The van der Waals surface area contributed by atoms with Gasteiger partial charge in [0, 0.05) is 0 Å². The number of benzene rings is 1. The first-order valence-corrected chi connectivity index (χ1v) is 8.16. The highest BCUT2D eigenvalue weighted by Gasteiger charge is 2.32. The van der Waals surface area contributed by atoms with E-state index in [4.69, 9.17) is 13.6 Å². The molecule has 0 radical (unpaired) electrons. The topological polar surface area (TPSA) is 44.8 Å². The van der Waals surface area contributed by atoms with Crippen LogP contribution in [0.4, 0.5) is 0 Å². The summed E-state index contributed by atoms with van der Waals surface area (Å²) in [5.41, 5.74) is 0. The van der Waals surface area contributed by atoms with Gasteiger partial charge in [-0.15, -0.1) is 0 Å². The fraction of sp³-hybridized carbons (Fsp3) is 0.571. The predicted octanol–water partition coefficient (Wildman–Crippen LogP) is 4.80. The normalized spacial score (nSPS) is 17.5.